The number of halogens is 1. The number of aryl methyl sites for hydroxylation is 1. The molecular weight excluding hydrogens is 885 g/mol. The van der Waals surface area contributed by atoms with E-state index >= 15 is 0 Å². The molecule has 0 radical (unpaired) electrons. The summed E-state index contributed by atoms with van der Waals surface area (Å²) in [5, 5.41) is 3.00. The molecule has 1 N–H and O–H groups in total. The first kappa shape index (κ1) is 48.3. The molecular formula is C45H60IN3O11. The summed E-state index contributed by atoms with van der Waals surface area (Å²) in [6.07, 6.45) is 2.18. The Bertz CT molecular complexity index is 1970. The largest absolute Gasteiger partial charge is 0.463 e. The van der Waals surface area contributed by atoms with E-state index in [1.54, 1.807) is 19.9 Å². The number of rotatable bonds is 14. The molecule has 2 saturated heterocycles. The lowest BCUT2D eigenvalue weighted by atomic mass is 9.88. The fourth-order valence-corrected chi connectivity index (χ4v) is 8.09. The molecule has 14 nitrogen and oxygen atoms in total. The van der Waals surface area contributed by atoms with Crippen molar-refractivity contribution in [3.05, 3.63) is 67.8 Å². The number of piperidine rings is 1. The zero-order chi connectivity index (χ0) is 44.7. The highest BCUT2D eigenvalue weighted by molar-refractivity contribution is 14.1. The van der Waals surface area contributed by atoms with Crippen LogP contribution in [0.1, 0.15) is 109 Å². The minimum Gasteiger partial charge on any atom is -0.463 e. The zero-order valence-electron chi connectivity index (χ0n) is 36.6. The molecule has 4 rings (SSSR count). The summed E-state index contributed by atoms with van der Waals surface area (Å²) in [5.74, 6) is -2.52. The average molecular weight is 946 g/mol. The first-order chi connectivity index (χ1) is 28.0. The third-order valence-electron chi connectivity index (χ3n) is 10.8. The van der Waals surface area contributed by atoms with E-state index in [2.05, 4.69) is 46.9 Å². The standard InChI is InChI=1S/C45H60IN3O11/c1-26-20-31(14-17-44(6,7)42(54)47-45(8,9)43(55)49-18-15-34(16-19-49)48(10)11)12-13-32(26)21-33-22-36(38(24-37(33)46)57-28(3)51)40-41(59-30(5)53)39(58-29(4)52)23-35(60-40)25-56-27(2)50/h12-14,17,20,22,24,34-35,39-41H,15-16,18-19,21,23,25H2,1-11H3,(H,47,54)/b17-14+/t35-,39-,40-,41+/m0/s1. The van der Waals surface area contributed by atoms with E-state index in [0.717, 1.165) is 38.7 Å². The molecule has 2 fully saturated rings. The number of nitrogens with one attached hydrogen (secondary N) is 1. The highest BCUT2D eigenvalue weighted by Crippen LogP contribution is 2.42. The number of hydrogen-bond donors (Lipinski definition) is 1. The summed E-state index contributed by atoms with van der Waals surface area (Å²) in [4.78, 5) is 79.7. The van der Waals surface area contributed by atoms with Gasteiger partial charge in [-0.15, -0.1) is 0 Å². The number of benzene rings is 2. The Morgan fingerprint density at radius 2 is 1.55 bits per heavy atom. The number of ether oxygens (including phenoxy) is 5. The van der Waals surface area contributed by atoms with Gasteiger partial charge in [0.05, 0.1) is 11.5 Å². The van der Waals surface area contributed by atoms with Crippen LogP contribution in [0.3, 0.4) is 0 Å². The maximum absolute atomic E-state index is 13.6. The van der Waals surface area contributed by atoms with Gasteiger partial charge < -0.3 is 38.8 Å². The Kier molecular flexibility index (Phi) is 16.5. The fourth-order valence-electron chi connectivity index (χ4n) is 7.46. The van der Waals surface area contributed by atoms with Crippen molar-refractivity contribution in [3.63, 3.8) is 0 Å². The van der Waals surface area contributed by atoms with Crippen LogP contribution in [-0.4, -0.2) is 109 Å². The van der Waals surface area contributed by atoms with Crippen LogP contribution in [0, 0.1) is 15.9 Å². The fraction of sp³-hybridized carbons (Fsp3) is 0.556. The van der Waals surface area contributed by atoms with Crippen LogP contribution in [0.2, 0.25) is 0 Å². The van der Waals surface area contributed by atoms with Gasteiger partial charge >= 0.3 is 23.9 Å². The zero-order valence-corrected chi connectivity index (χ0v) is 38.8. The molecule has 0 unspecified atom stereocenters. The predicted octanol–water partition coefficient (Wildman–Crippen LogP) is 5.86. The first-order valence-electron chi connectivity index (χ1n) is 20.2. The van der Waals surface area contributed by atoms with Crippen LogP contribution in [0.25, 0.3) is 6.08 Å². The van der Waals surface area contributed by atoms with E-state index in [4.69, 9.17) is 23.7 Å². The third-order valence-corrected chi connectivity index (χ3v) is 11.8. The lowest BCUT2D eigenvalue weighted by molar-refractivity contribution is -0.214. The van der Waals surface area contributed by atoms with Crippen LogP contribution in [-0.2, 0) is 54.1 Å². The quantitative estimate of drug-likeness (QED) is 0.104. The maximum atomic E-state index is 13.6. The van der Waals surface area contributed by atoms with E-state index < -0.39 is 59.2 Å². The molecule has 0 aromatic heterocycles. The second-order valence-electron chi connectivity index (χ2n) is 17.0. The van der Waals surface area contributed by atoms with E-state index in [9.17, 15) is 28.8 Å². The molecule has 0 aliphatic carbocycles. The van der Waals surface area contributed by atoms with Crippen molar-refractivity contribution in [2.24, 2.45) is 5.41 Å². The van der Waals surface area contributed by atoms with Crippen molar-refractivity contribution >= 4 is 64.4 Å². The molecule has 2 aromatic rings. The second kappa shape index (κ2) is 20.5. The Balaban J connectivity index is 1.58. The van der Waals surface area contributed by atoms with E-state index in [1.807, 2.05) is 62.1 Å². The molecule has 2 amide bonds. The van der Waals surface area contributed by atoms with E-state index in [0.29, 0.717) is 31.1 Å². The maximum Gasteiger partial charge on any atom is 0.308 e. The van der Waals surface area contributed by atoms with Gasteiger partial charge in [-0.2, -0.15) is 0 Å². The average Bonchev–Trinajstić information content (AvgIpc) is 3.14. The molecule has 0 saturated carbocycles. The van der Waals surface area contributed by atoms with Crippen molar-refractivity contribution in [2.45, 2.75) is 124 Å². The molecule has 2 heterocycles. The lowest BCUT2D eigenvalue weighted by Crippen LogP contribution is -2.59. The smallest absolute Gasteiger partial charge is 0.308 e. The number of esters is 4. The van der Waals surface area contributed by atoms with Gasteiger partial charge in [0, 0.05) is 62.4 Å². The van der Waals surface area contributed by atoms with Gasteiger partial charge in [0.1, 0.15) is 30.1 Å². The van der Waals surface area contributed by atoms with Gasteiger partial charge in [0.15, 0.2) is 6.10 Å². The van der Waals surface area contributed by atoms with Crippen molar-refractivity contribution in [2.75, 3.05) is 33.8 Å². The van der Waals surface area contributed by atoms with Crippen LogP contribution in [0.15, 0.2) is 36.4 Å². The van der Waals surface area contributed by atoms with Gasteiger partial charge in [0.2, 0.25) is 11.8 Å². The third kappa shape index (κ3) is 13.1. The van der Waals surface area contributed by atoms with E-state index in [-0.39, 0.29) is 30.6 Å². The molecule has 2 aliphatic heterocycles. The van der Waals surface area contributed by atoms with Gasteiger partial charge in [-0.25, -0.2) is 0 Å². The Morgan fingerprint density at radius 1 is 0.900 bits per heavy atom. The summed E-state index contributed by atoms with van der Waals surface area (Å²) in [6.45, 7) is 15.3. The van der Waals surface area contributed by atoms with Crippen LogP contribution in [0.5, 0.6) is 5.75 Å². The van der Waals surface area contributed by atoms with Gasteiger partial charge in [-0.05, 0) is 125 Å². The summed E-state index contributed by atoms with van der Waals surface area (Å²) in [7, 11) is 4.11. The van der Waals surface area contributed by atoms with Gasteiger partial charge in [-0.1, -0.05) is 30.4 Å². The molecule has 2 aromatic carbocycles. The molecule has 4 atom stereocenters. The number of carbonyl (C=O) groups excluding carboxylic acids is 6. The van der Waals surface area contributed by atoms with Gasteiger partial charge in [-0.3, -0.25) is 28.8 Å². The van der Waals surface area contributed by atoms with Crippen molar-refractivity contribution < 1.29 is 52.5 Å². The lowest BCUT2D eigenvalue weighted by Gasteiger charge is -2.41. The molecule has 0 spiro atoms. The Labute approximate surface area is 367 Å². The predicted molar refractivity (Wildman–Crippen MR) is 233 cm³/mol. The van der Waals surface area contributed by atoms with Crippen molar-refractivity contribution in [1.82, 2.24) is 15.1 Å². The first-order valence-corrected chi connectivity index (χ1v) is 21.3. The minimum absolute atomic E-state index is 0.0809. The number of nitrogens with zero attached hydrogens (tertiary/aromatic N) is 2. The van der Waals surface area contributed by atoms with Crippen LogP contribution < -0.4 is 10.1 Å². The summed E-state index contributed by atoms with van der Waals surface area (Å²) < 4.78 is 29.4. The molecule has 60 heavy (non-hydrogen) atoms. The Hall–Kier alpha value is -4.35. The molecule has 15 heteroatoms. The van der Waals surface area contributed by atoms with Crippen LogP contribution in [0.4, 0.5) is 0 Å². The molecule has 0 bridgehead atoms. The monoisotopic (exact) mass is 945 g/mol. The Morgan fingerprint density at radius 3 is 2.12 bits per heavy atom. The molecule has 328 valence electrons. The topological polar surface area (TPSA) is 167 Å². The summed E-state index contributed by atoms with van der Waals surface area (Å²) >= 11 is 2.17. The number of hydrogen-bond acceptors (Lipinski definition) is 12. The van der Waals surface area contributed by atoms with Crippen LogP contribution >= 0.6 is 22.6 Å². The van der Waals surface area contributed by atoms with Gasteiger partial charge in [0.25, 0.3) is 0 Å². The second-order valence-corrected chi connectivity index (χ2v) is 18.2. The number of amides is 2. The molecule has 2 aliphatic rings. The van der Waals surface area contributed by atoms with Crippen molar-refractivity contribution in [1.29, 1.82) is 0 Å². The number of likely N-dealkylation sites (tertiary alicyclic amines) is 1. The van der Waals surface area contributed by atoms with E-state index in [1.165, 1.54) is 27.7 Å². The number of carbonyl (C=O) groups is 6. The SMILES string of the molecule is CC(=O)OC[C@@H]1C[C@H](OC(C)=O)[C@@H](OC(C)=O)[C@H](c2cc(Cc3ccc(/C=C/C(C)(C)C(=O)NC(C)(C)C(=O)N4CCC(N(C)C)CC4)cc3C)c(I)cc2OC(C)=O)O1. The minimum atomic E-state index is -1.11. The summed E-state index contributed by atoms with van der Waals surface area (Å²) in [6, 6.07) is 9.96. The summed E-state index contributed by atoms with van der Waals surface area (Å²) in [5.41, 5.74) is 2.10. The van der Waals surface area contributed by atoms with Crippen molar-refractivity contribution in [3.8, 4) is 5.75 Å². The normalized spacial score (nSPS) is 20.1. The highest BCUT2D eigenvalue weighted by Gasteiger charge is 2.46. The highest BCUT2D eigenvalue weighted by atomic mass is 127.